The lowest BCUT2D eigenvalue weighted by Crippen LogP contribution is -2.29. The second kappa shape index (κ2) is 9.39. The van der Waals surface area contributed by atoms with Crippen LogP contribution in [0.25, 0.3) is 0 Å². The molecular weight excluding hydrogens is 346 g/mol. The molecule has 1 N–H and O–H groups in total. The Labute approximate surface area is 151 Å². The van der Waals surface area contributed by atoms with Crippen LogP contribution < -0.4 is 10.1 Å². The van der Waals surface area contributed by atoms with E-state index < -0.39 is 0 Å². The molecule has 2 amide bonds. The number of ether oxygens (including phenoxy) is 1. The van der Waals surface area contributed by atoms with E-state index >= 15 is 0 Å². The molecule has 5 nitrogen and oxygen atoms in total. The van der Waals surface area contributed by atoms with Gasteiger partial charge in [-0.15, -0.1) is 0 Å². The van der Waals surface area contributed by atoms with Crippen LogP contribution >= 0.6 is 23.5 Å². The molecule has 0 spiro atoms. The van der Waals surface area contributed by atoms with Gasteiger partial charge in [-0.05, 0) is 48.7 Å². The molecule has 7 heteroatoms. The van der Waals surface area contributed by atoms with Crippen molar-refractivity contribution in [3.05, 3.63) is 47.6 Å². The largest absolute Gasteiger partial charge is 0.439 e. The number of benzene rings is 1. The minimum Gasteiger partial charge on any atom is -0.439 e. The standard InChI is InChI=1S/C17H20ClN3O2S/c1-3-4-12-21(24-2)17(22)19-13-8-10-14(11-9-13)23-16-7-5-6-15(18)20-16/h5-11H,3-4,12H2,1-2H3,(H,19,22). The number of hydrogen-bond acceptors (Lipinski definition) is 4. The van der Waals surface area contributed by atoms with Crippen molar-refractivity contribution in [2.75, 3.05) is 18.1 Å². The van der Waals surface area contributed by atoms with Crippen molar-refractivity contribution in [2.45, 2.75) is 19.8 Å². The smallest absolute Gasteiger partial charge is 0.331 e. The number of carbonyl (C=O) groups excluding carboxylic acids is 1. The molecule has 24 heavy (non-hydrogen) atoms. The van der Waals surface area contributed by atoms with E-state index in [4.69, 9.17) is 16.3 Å². The van der Waals surface area contributed by atoms with Gasteiger partial charge in [0.1, 0.15) is 10.9 Å². The quantitative estimate of drug-likeness (QED) is 0.524. The fourth-order valence-electron chi connectivity index (χ4n) is 1.94. The molecule has 1 aromatic heterocycles. The maximum absolute atomic E-state index is 12.2. The van der Waals surface area contributed by atoms with Crippen molar-refractivity contribution in [1.82, 2.24) is 9.29 Å². The molecule has 0 aliphatic heterocycles. The normalized spacial score (nSPS) is 10.3. The highest BCUT2D eigenvalue weighted by Crippen LogP contribution is 2.23. The monoisotopic (exact) mass is 365 g/mol. The van der Waals surface area contributed by atoms with Gasteiger partial charge in [-0.2, -0.15) is 0 Å². The number of amides is 2. The Morgan fingerprint density at radius 3 is 2.67 bits per heavy atom. The highest BCUT2D eigenvalue weighted by Gasteiger charge is 2.12. The van der Waals surface area contributed by atoms with Gasteiger partial charge >= 0.3 is 6.03 Å². The van der Waals surface area contributed by atoms with Crippen molar-refractivity contribution in [2.24, 2.45) is 0 Å². The lowest BCUT2D eigenvalue weighted by atomic mass is 10.3. The molecule has 1 heterocycles. The summed E-state index contributed by atoms with van der Waals surface area (Å²) in [6, 6.07) is 12.2. The molecule has 0 radical (unpaired) electrons. The Kier molecular flexibility index (Phi) is 7.21. The van der Waals surface area contributed by atoms with Crippen LogP contribution in [-0.2, 0) is 0 Å². The topological polar surface area (TPSA) is 54.5 Å². The maximum atomic E-state index is 12.2. The van der Waals surface area contributed by atoms with Crippen LogP contribution in [0.2, 0.25) is 5.15 Å². The summed E-state index contributed by atoms with van der Waals surface area (Å²) in [5.74, 6) is 1.04. The molecule has 128 valence electrons. The first kappa shape index (κ1) is 18.4. The van der Waals surface area contributed by atoms with Crippen molar-refractivity contribution < 1.29 is 9.53 Å². The first-order valence-corrected chi connectivity index (χ1v) is 9.21. The van der Waals surface area contributed by atoms with Gasteiger partial charge in [-0.3, -0.25) is 4.31 Å². The number of nitrogens with zero attached hydrogens (tertiary/aromatic N) is 2. The summed E-state index contributed by atoms with van der Waals surface area (Å²) in [7, 11) is 0. The average molecular weight is 366 g/mol. The Morgan fingerprint density at radius 1 is 1.29 bits per heavy atom. The summed E-state index contributed by atoms with van der Waals surface area (Å²) >= 11 is 7.25. The van der Waals surface area contributed by atoms with Crippen LogP contribution in [0.4, 0.5) is 10.5 Å². The highest BCUT2D eigenvalue weighted by atomic mass is 35.5. The van der Waals surface area contributed by atoms with Gasteiger partial charge in [0.2, 0.25) is 5.88 Å². The van der Waals surface area contributed by atoms with Crippen molar-refractivity contribution in [3.8, 4) is 11.6 Å². The van der Waals surface area contributed by atoms with E-state index in [9.17, 15) is 4.79 Å². The average Bonchev–Trinajstić information content (AvgIpc) is 2.57. The molecule has 0 aliphatic carbocycles. The fourth-order valence-corrected chi connectivity index (χ4v) is 2.62. The molecule has 2 aromatic rings. The highest BCUT2D eigenvalue weighted by molar-refractivity contribution is 7.96. The van der Waals surface area contributed by atoms with E-state index in [0.29, 0.717) is 22.5 Å². The second-order valence-corrected chi connectivity index (χ2v) is 6.19. The molecule has 0 unspecified atom stereocenters. The predicted octanol–water partition coefficient (Wildman–Crippen LogP) is 5.44. The number of anilines is 1. The molecule has 0 aliphatic rings. The minimum absolute atomic E-state index is 0.124. The van der Waals surface area contributed by atoms with E-state index in [1.165, 1.54) is 11.9 Å². The number of aromatic nitrogens is 1. The molecule has 1 aromatic carbocycles. The summed E-state index contributed by atoms with van der Waals surface area (Å²) < 4.78 is 7.33. The number of halogens is 1. The Balaban J connectivity index is 1.95. The molecule has 0 atom stereocenters. The van der Waals surface area contributed by atoms with Gasteiger partial charge in [0.15, 0.2) is 0 Å². The lowest BCUT2D eigenvalue weighted by Gasteiger charge is -2.19. The zero-order valence-corrected chi connectivity index (χ0v) is 15.2. The van der Waals surface area contributed by atoms with Crippen LogP contribution in [0.3, 0.4) is 0 Å². The number of pyridine rings is 1. The number of rotatable bonds is 7. The van der Waals surface area contributed by atoms with Crippen LogP contribution in [0, 0.1) is 0 Å². The second-order valence-electron chi connectivity index (χ2n) is 4.99. The van der Waals surface area contributed by atoms with Crippen LogP contribution in [-0.4, -0.2) is 28.1 Å². The van der Waals surface area contributed by atoms with Gasteiger partial charge in [0, 0.05) is 24.6 Å². The van der Waals surface area contributed by atoms with Crippen LogP contribution in [0.5, 0.6) is 11.6 Å². The van der Waals surface area contributed by atoms with E-state index in [1.807, 2.05) is 6.26 Å². The first-order valence-electron chi connectivity index (χ1n) is 7.65. The van der Waals surface area contributed by atoms with Gasteiger partial charge in [0.05, 0.1) is 0 Å². The zero-order valence-electron chi connectivity index (χ0n) is 13.7. The maximum Gasteiger partial charge on any atom is 0.331 e. The van der Waals surface area contributed by atoms with Gasteiger partial charge in [-0.1, -0.05) is 31.0 Å². The van der Waals surface area contributed by atoms with Crippen LogP contribution in [0.15, 0.2) is 42.5 Å². The zero-order chi connectivity index (χ0) is 17.4. The lowest BCUT2D eigenvalue weighted by molar-refractivity contribution is 0.238. The third-order valence-electron chi connectivity index (χ3n) is 3.18. The first-order chi connectivity index (χ1) is 11.6. The Hall–Kier alpha value is -1.92. The summed E-state index contributed by atoms with van der Waals surface area (Å²) in [6.45, 7) is 2.83. The van der Waals surface area contributed by atoms with E-state index in [2.05, 4.69) is 17.2 Å². The fraction of sp³-hybridized carbons (Fsp3) is 0.294. The molecular formula is C17H20ClN3O2S. The summed E-state index contributed by atoms with van der Waals surface area (Å²) in [4.78, 5) is 16.3. The number of carbonyl (C=O) groups is 1. The van der Waals surface area contributed by atoms with Gasteiger partial charge in [0.25, 0.3) is 0 Å². The minimum atomic E-state index is -0.124. The van der Waals surface area contributed by atoms with E-state index in [0.717, 1.165) is 19.4 Å². The van der Waals surface area contributed by atoms with Crippen LogP contribution in [0.1, 0.15) is 19.8 Å². The SMILES string of the molecule is CCCCN(SC)C(=O)Nc1ccc(Oc2cccc(Cl)n2)cc1. The predicted molar refractivity (Wildman–Crippen MR) is 99.9 cm³/mol. The Bertz CT molecular complexity index is 667. The van der Waals surface area contributed by atoms with E-state index in [1.54, 1.807) is 46.8 Å². The van der Waals surface area contributed by atoms with Crippen molar-refractivity contribution in [3.63, 3.8) is 0 Å². The van der Waals surface area contributed by atoms with Gasteiger partial charge in [-0.25, -0.2) is 9.78 Å². The summed E-state index contributed by atoms with van der Waals surface area (Å²) in [6.07, 6.45) is 3.92. The third kappa shape index (κ3) is 5.62. The third-order valence-corrected chi connectivity index (χ3v) is 4.18. The molecule has 2 rings (SSSR count). The van der Waals surface area contributed by atoms with Crippen molar-refractivity contribution in [1.29, 1.82) is 0 Å². The number of nitrogens with one attached hydrogen (secondary N) is 1. The Morgan fingerprint density at radius 2 is 2.04 bits per heavy atom. The number of urea groups is 1. The molecule has 0 saturated heterocycles. The molecule has 0 fully saturated rings. The molecule has 0 bridgehead atoms. The number of unbranched alkanes of at least 4 members (excludes halogenated alkanes) is 1. The van der Waals surface area contributed by atoms with E-state index in [-0.39, 0.29) is 6.03 Å². The number of hydrogen-bond donors (Lipinski definition) is 1. The van der Waals surface area contributed by atoms with Gasteiger partial charge < -0.3 is 10.1 Å². The molecule has 0 saturated carbocycles. The van der Waals surface area contributed by atoms with Crippen molar-refractivity contribution >= 4 is 35.3 Å². The summed E-state index contributed by atoms with van der Waals surface area (Å²) in [5, 5.41) is 3.25. The summed E-state index contributed by atoms with van der Waals surface area (Å²) in [5.41, 5.74) is 0.710.